The number of carbonyl (C=O) groups is 1. The highest BCUT2D eigenvalue weighted by molar-refractivity contribution is 6.73. The van der Waals surface area contributed by atoms with Crippen molar-refractivity contribution in [3.05, 3.63) is 12.2 Å². The van der Waals surface area contributed by atoms with E-state index in [2.05, 4.69) is 67.5 Å². The van der Waals surface area contributed by atoms with Crippen molar-refractivity contribution in [1.29, 1.82) is 0 Å². The van der Waals surface area contributed by atoms with Crippen molar-refractivity contribution in [3.63, 3.8) is 0 Å². The van der Waals surface area contributed by atoms with E-state index in [1.807, 2.05) is 0 Å². The molecule has 0 amide bonds. The molecule has 2 saturated carbocycles. The van der Waals surface area contributed by atoms with Crippen LogP contribution in [0.2, 0.25) is 18.1 Å². The first kappa shape index (κ1) is 23.9. The summed E-state index contributed by atoms with van der Waals surface area (Å²) in [5.41, 5.74) is 0.108. The zero-order chi connectivity index (χ0) is 21.2. The molecule has 162 valence electrons. The van der Waals surface area contributed by atoms with Crippen LogP contribution in [0.5, 0.6) is 0 Å². The van der Waals surface area contributed by atoms with Crippen LogP contribution in [0.3, 0.4) is 0 Å². The minimum absolute atomic E-state index is 0.118. The third-order valence-corrected chi connectivity index (χ3v) is 13.6. The molecule has 0 radical (unpaired) electrons. The molecule has 5 atom stereocenters. The summed E-state index contributed by atoms with van der Waals surface area (Å²) in [6, 6.07) is 3.60. The van der Waals surface area contributed by atoms with Gasteiger partial charge in [-0.2, -0.15) is 0 Å². The zero-order valence-corrected chi connectivity index (χ0v) is 20.9. The van der Waals surface area contributed by atoms with Crippen LogP contribution in [0, 0.1) is 29.1 Å². The smallest absolute Gasteiger partial charge is 0.192 e. The predicted molar refractivity (Wildman–Crippen MR) is 123 cm³/mol. The fourth-order valence-corrected chi connectivity index (χ4v) is 9.39. The lowest BCUT2D eigenvalue weighted by molar-refractivity contribution is -0.129. The Morgan fingerprint density at radius 2 is 1.75 bits per heavy atom. The van der Waals surface area contributed by atoms with E-state index in [4.69, 9.17) is 4.43 Å². The molecule has 0 N–H and O–H groups in total. The van der Waals surface area contributed by atoms with Crippen molar-refractivity contribution in [1.82, 2.24) is 0 Å². The average molecular weight is 407 g/mol. The fraction of sp³-hybridized carbons (Fsp3) is 0.880. The molecule has 2 aliphatic rings. The molecule has 0 bridgehead atoms. The number of hydrogen-bond acceptors (Lipinski definition) is 2. The molecule has 0 aromatic carbocycles. The molecule has 0 aromatic rings. The monoisotopic (exact) mass is 406 g/mol. The van der Waals surface area contributed by atoms with E-state index in [1.54, 1.807) is 0 Å². The topological polar surface area (TPSA) is 26.3 Å². The number of rotatable bonds is 9. The Balaban J connectivity index is 2.06. The highest BCUT2D eigenvalue weighted by atomic mass is 28.4. The minimum atomic E-state index is -1.61. The lowest BCUT2D eigenvalue weighted by atomic mass is 9.62. The number of allylic oxidation sites excluding steroid dienone is 1. The lowest BCUT2D eigenvalue weighted by Gasteiger charge is -2.42. The Bertz CT molecular complexity index is 555. The summed E-state index contributed by atoms with van der Waals surface area (Å²) in [7, 11) is -1.61. The van der Waals surface area contributed by atoms with E-state index < -0.39 is 8.32 Å². The molecule has 0 aromatic heterocycles. The molecule has 0 spiro atoms. The molecule has 2 rings (SSSR count). The molecular formula is C25H46O2Si. The van der Waals surface area contributed by atoms with Gasteiger partial charge in [0.2, 0.25) is 0 Å². The average Bonchev–Trinajstić information content (AvgIpc) is 3.02. The van der Waals surface area contributed by atoms with Crippen molar-refractivity contribution in [2.45, 2.75) is 111 Å². The van der Waals surface area contributed by atoms with Crippen molar-refractivity contribution in [3.8, 4) is 0 Å². The minimum Gasteiger partial charge on any atom is -0.411 e. The second-order valence-corrected chi connectivity index (χ2v) is 15.2. The third kappa shape index (κ3) is 4.66. The van der Waals surface area contributed by atoms with Crippen molar-refractivity contribution < 1.29 is 9.22 Å². The van der Waals surface area contributed by atoms with Gasteiger partial charge in [0.1, 0.15) is 5.78 Å². The Morgan fingerprint density at radius 3 is 2.32 bits per heavy atom. The number of hydrogen-bond donors (Lipinski definition) is 0. The predicted octanol–water partition coefficient (Wildman–Crippen LogP) is 7.40. The number of fused-ring (bicyclic) bond motifs is 1. The molecule has 2 fully saturated rings. The van der Waals surface area contributed by atoms with E-state index in [-0.39, 0.29) is 11.0 Å². The van der Waals surface area contributed by atoms with Gasteiger partial charge in [-0.05, 0) is 74.9 Å². The quantitative estimate of drug-likeness (QED) is 0.294. The van der Waals surface area contributed by atoms with Crippen molar-refractivity contribution >= 4 is 14.1 Å². The third-order valence-electron chi connectivity index (χ3n) is 8.78. The molecule has 28 heavy (non-hydrogen) atoms. The maximum absolute atomic E-state index is 12.4. The van der Waals surface area contributed by atoms with E-state index in [0.717, 1.165) is 19.3 Å². The van der Waals surface area contributed by atoms with Crippen LogP contribution in [0.25, 0.3) is 0 Å². The Morgan fingerprint density at radius 1 is 1.14 bits per heavy atom. The molecule has 2 nitrogen and oxygen atoms in total. The van der Waals surface area contributed by atoms with Gasteiger partial charge in [0.25, 0.3) is 0 Å². The van der Waals surface area contributed by atoms with Crippen LogP contribution in [0.15, 0.2) is 12.2 Å². The van der Waals surface area contributed by atoms with Crippen molar-refractivity contribution in [2.75, 3.05) is 0 Å². The van der Waals surface area contributed by atoms with Crippen LogP contribution >= 0.6 is 0 Å². The van der Waals surface area contributed by atoms with E-state index >= 15 is 0 Å². The van der Waals surface area contributed by atoms with Gasteiger partial charge >= 0.3 is 0 Å². The van der Waals surface area contributed by atoms with Crippen LogP contribution in [0.4, 0.5) is 0 Å². The van der Waals surface area contributed by atoms with Gasteiger partial charge in [-0.25, -0.2) is 0 Å². The molecule has 3 heteroatoms. The SMILES string of the molecule is CC[Si](CC)(CC)OC(C)(C)[C@@H](C)/C=C/[C@@H](C)[C@H]1CC[C@H]2C(=O)CCC[C@]12C. The lowest BCUT2D eigenvalue weighted by Crippen LogP contribution is -2.47. The van der Waals surface area contributed by atoms with Gasteiger partial charge in [-0.1, -0.05) is 53.7 Å². The van der Waals surface area contributed by atoms with Gasteiger partial charge in [0.15, 0.2) is 8.32 Å². The van der Waals surface area contributed by atoms with Gasteiger partial charge in [0, 0.05) is 18.3 Å². The van der Waals surface area contributed by atoms with Gasteiger partial charge in [-0.15, -0.1) is 0 Å². The van der Waals surface area contributed by atoms with E-state index in [9.17, 15) is 4.79 Å². The summed E-state index contributed by atoms with van der Waals surface area (Å²) in [5, 5.41) is 0. The summed E-state index contributed by atoms with van der Waals surface area (Å²) in [5.74, 6) is 2.43. The Hall–Kier alpha value is -0.413. The Labute approximate surface area is 176 Å². The standard InChI is InChI=1S/C25H46O2Si/c1-9-28(10-2,11-3)27-24(6,7)20(5)15-14-19(4)21-16-17-22-23(26)13-12-18-25(21,22)8/h14-15,19-22H,9-13,16-18H2,1-8H3/b15-14+/t19-,20+,21-,22+,25-/m1/s1. The van der Waals surface area contributed by atoms with E-state index in [1.165, 1.54) is 31.0 Å². The fourth-order valence-electron chi connectivity index (χ4n) is 6.16. The number of carbonyl (C=O) groups excluding carboxylic acids is 1. The van der Waals surface area contributed by atoms with E-state index in [0.29, 0.717) is 29.5 Å². The molecule has 0 aliphatic heterocycles. The van der Waals surface area contributed by atoms with Crippen LogP contribution in [-0.2, 0) is 9.22 Å². The summed E-state index contributed by atoms with van der Waals surface area (Å²) < 4.78 is 6.86. The Kier molecular flexibility index (Phi) is 7.81. The first-order valence-electron chi connectivity index (χ1n) is 12.0. The van der Waals surface area contributed by atoms with Gasteiger partial charge < -0.3 is 4.43 Å². The maximum Gasteiger partial charge on any atom is 0.192 e. The first-order valence-corrected chi connectivity index (χ1v) is 14.5. The van der Waals surface area contributed by atoms with Crippen LogP contribution < -0.4 is 0 Å². The molecule has 0 unspecified atom stereocenters. The summed E-state index contributed by atoms with van der Waals surface area (Å²) in [6.07, 6.45) is 10.3. The molecular weight excluding hydrogens is 360 g/mol. The van der Waals surface area contributed by atoms with Gasteiger partial charge in [-0.3, -0.25) is 4.79 Å². The van der Waals surface area contributed by atoms with Crippen LogP contribution in [0.1, 0.15) is 87.5 Å². The zero-order valence-electron chi connectivity index (χ0n) is 19.9. The molecule has 2 aliphatic carbocycles. The second kappa shape index (κ2) is 9.16. The first-order chi connectivity index (χ1) is 13.0. The largest absolute Gasteiger partial charge is 0.411 e. The summed E-state index contributed by atoms with van der Waals surface area (Å²) in [4.78, 5) is 12.4. The number of ketones is 1. The van der Waals surface area contributed by atoms with Crippen LogP contribution in [-0.4, -0.2) is 19.7 Å². The molecule has 0 heterocycles. The normalized spacial score (nSPS) is 31.2. The summed E-state index contributed by atoms with van der Waals surface area (Å²) in [6.45, 7) is 18.6. The number of Topliss-reactive ketones (excluding diaryl/α,β-unsaturated/α-hetero) is 1. The summed E-state index contributed by atoms with van der Waals surface area (Å²) >= 11 is 0. The maximum atomic E-state index is 12.4. The molecule has 0 saturated heterocycles. The van der Waals surface area contributed by atoms with Gasteiger partial charge in [0.05, 0.1) is 5.60 Å². The highest BCUT2D eigenvalue weighted by Gasteiger charge is 2.52. The highest BCUT2D eigenvalue weighted by Crippen LogP contribution is 2.56. The van der Waals surface area contributed by atoms with Crippen molar-refractivity contribution in [2.24, 2.45) is 29.1 Å². The second-order valence-electron chi connectivity index (χ2n) is 10.5.